The maximum absolute atomic E-state index is 9.27. The van der Waals surface area contributed by atoms with Crippen molar-refractivity contribution in [3.63, 3.8) is 0 Å². The minimum atomic E-state index is -0.253. The van der Waals surface area contributed by atoms with Crippen molar-refractivity contribution in [2.75, 3.05) is 12.3 Å². The molecular formula is C9H14N2O2. The zero-order valence-electron chi connectivity index (χ0n) is 7.27. The fraction of sp³-hybridized carbons (Fsp3) is 0.333. The van der Waals surface area contributed by atoms with Crippen LogP contribution in [0.2, 0.25) is 0 Å². The van der Waals surface area contributed by atoms with Crippen LogP contribution in [0.1, 0.15) is 18.0 Å². The Kier molecular flexibility index (Phi) is 3.11. The fourth-order valence-corrected chi connectivity index (χ4v) is 1.10. The van der Waals surface area contributed by atoms with Gasteiger partial charge in [-0.2, -0.15) is 0 Å². The van der Waals surface area contributed by atoms with Crippen LogP contribution in [0.3, 0.4) is 0 Å². The van der Waals surface area contributed by atoms with E-state index in [9.17, 15) is 5.11 Å². The Morgan fingerprint density at radius 3 is 2.62 bits per heavy atom. The first-order valence-corrected chi connectivity index (χ1v) is 4.10. The molecule has 4 heteroatoms. The van der Waals surface area contributed by atoms with Crippen molar-refractivity contribution in [1.82, 2.24) is 0 Å². The van der Waals surface area contributed by atoms with Gasteiger partial charge in [-0.05, 0) is 24.1 Å². The normalized spacial score (nSPS) is 12.8. The van der Waals surface area contributed by atoms with Gasteiger partial charge in [0.05, 0.1) is 5.69 Å². The number of hydrogen-bond acceptors (Lipinski definition) is 4. The average Bonchev–Trinajstić information content (AvgIpc) is 2.10. The fourth-order valence-electron chi connectivity index (χ4n) is 1.10. The monoisotopic (exact) mass is 182 g/mol. The van der Waals surface area contributed by atoms with Crippen molar-refractivity contribution in [2.24, 2.45) is 5.73 Å². The lowest BCUT2D eigenvalue weighted by atomic mass is 10.0. The average molecular weight is 182 g/mol. The Labute approximate surface area is 76.8 Å². The molecular weight excluding hydrogens is 168 g/mol. The number of phenols is 1. The summed E-state index contributed by atoms with van der Waals surface area (Å²) >= 11 is 0. The topological polar surface area (TPSA) is 92.5 Å². The van der Waals surface area contributed by atoms with E-state index in [1.807, 2.05) is 0 Å². The van der Waals surface area contributed by atoms with Gasteiger partial charge in [0, 0.05) is 12.6 Å². The van der Waals surface area contributed by atoms with Crippen LogP contribution >= 0.6 is 0 Å². The highest BCUT2D eigenvalue weighted by Gasteiger charge is 2.06. The molecule has 0 radical (unpaired) electrons. The molecule has 1 aromatic rings. The zero-order chi connectivity index (χ0) is 9.84. The van der Waals surface area contributed by atoms with Gasteiger partial charge in [0.25, 0.3) is 0 Å². The number of benzene rings is 1. The van der Waals surface area contributed by atoms with E-state index in [0.717, 1.165) is 5.56 Å². The molecule has 0 heterocycles. The Morgan fingerprint density at radius 2 is 2.08 bits per heavy atom. The van der Waals surface area contributed by atoms with E-state index in [1.165, 1.54) is 6.07 Å². The van der Waals surface area contributed by atoms with Crippen molar-refractivity contribution in [3.8, 4) is 5.75 Å². The molecule has 0 bridgehead atoms. The summed E-state index contributed by atoms with van der Waals surface area (Å²) in [5, 5.41) is 17.9. The Balaban J connectivity index is 2.84. The number of nitrogen functional groups attached to an aromatic ring is 1. The highest BCUT2D eigenvalue weighted by Crippen LogP contribution is 2.24. The van der Waals surface area contributed by atoms with Crippen LogP contribution in [-0.2, 0) is 0 Å². The molecule has 6 N–H and O–H groups in total. The van der Waals surface area contributed by atoms with Gasteiger partial charge in [0.2, 0.25) is 0 Å². The number of nitrogens with two attached hydrogens (primary N) is 2. The first-order valence-electron chi connectivity index (χ1n) is 4.10. The van der Waals surface area contributed by atoms with Crippen molar-refractivity contribution in [2.45, 2.75) is 12.5 Å². The van der Waals surface area contributed by atoms with Crippen molar-refractivity contribution >= 4 is 5.69 Å². The Bertz CT molecular complexity index is 289. The second kappa shape index (κ2) is 4.11. The molecule has 1 aromatic carbocycles. The van der Waals surface area contributed by atoms with Crippen LogP contribution in [0.15, 0.2) is 18.2 Å². The molecule has 0 aliphatic rings. The molecule has 0 aromatic heterocycles. The van der Waals surface area contributed by atoms with E-state index >= 15 is 0 Å². The predicted octanol–water partition coefficient (Wildman–Crippen LogP) is 0.357. The molecule has 4 nitrogen and oxygen atoms in total. The third kappa shape index (κ3) is 2.34. The van der Waals surface area contributed by atoms with Gasteiger partial charge in [0.1, 0.15) is 5.75 Å². The van der Waals surface area contributed by atoms with Gasteiger partial charge in [-0.25, -0.2) is 0 Å². The summed E-state index contributed by atoms with van der Waals surface area (Å²) in [5.41, 5.74) is 12.2. The van der Waals surface area contributed by atoms with Crippen LogP contribution in [-0.4, -0.2) is 16.8 Å². The standard InChI is InChI=1S/C9H14N2O2/c10-7(3-4-12)6-1-2-8(11)9(13)5-6/h1-2,5,7,12-13H,3-4,10-11H2/t7-/m0/s1. The van der Waals surface area contributed by atoms with Crippen molar-refractivity contribution in [3.05, 3.63) is 23.8 Å². The van der Waals surface area contributed by atoms with E-state index in [1.54, 1.807) is 12.1 Å². The Hall–Kier alpha value is -1.26. The third-order valence-electron chi connectivity index (χ3n) is 1.92. The third-order valence-corrected chi connectivity index (χ3v) is 1.92. The van der Waals surface area contributed by atoms with Gasteiger partial charge in [-0.3, -0.25) is 0 Å². The summed E-state index contributed by atoms with van der Waals surface area (Å²) in [5.74, 6) is 0.0332. The SMILES string of the molecule is Nc1ccc([C@@H](N)CCO)cc1O. The smallest absolute Gasteiger partial charge is 0.138 e. The second-order valence-electron chi connectivity index (χ2n) is 2.94. The molecule has 13 heavy (non-hydrogen) atoms. The zero-order valence-corrected chi connectivity index (χ0v) is 7.27. The van der Waals surface area contributed by atoms with E-state index in [0.29, 0.717) is 12.1 Å². The van der Waals surface area contributed by atoms with Crippen molar-refractivity contribution in [1.29, 1.82) is 0 Å². The summed E-state index contributed by atoms with van der Waals surface area (Å²) in [6, 6.07) is 4.61. The molecule has 1 rings (SSSR count). The molecule has 0 saturated carbocycles. The molecule has 0 fully saturated rings. The number of rotatable bonds is 3. The highest BCUT2D eigenvalue weighted by atomic mass is 16.3. The maximum atomic E-state index is 9.27. The van der Waals surface area contributed by atoms with Crippen LogP contribution in [0.5, 0.6) is 5.75 Å². The first-order chi connectivity index (χ1) is 6.15. The molecule has 0 amide bonds. The van der Waals surface area contributed by atoms with E-state index < -0.39 is 0 Å². The van der Waals surface area contributed by atoms with Gasteiger partial charge < -0.3 is 21.7 Å². The van der Waals surface area contributed by atoms with Crippen LogP contribution in [0, 0.1) is 0 Å². The molecule has 0 spiro atoms. The minimum absolute atomic E-state index is 0.0332. The molecule has 1 atom stereocenters. The van der Waals surface area contributed by atoms with Crippen molar-refractivity contribution < 1.29 is 10.2 Å². The largest absolute Gasteiger partial charge is 0.506 e. The number of anilines is 1. The first kappa shape index (κ1) is 9.83. The predicted molar refractivity (Wildman–Crippen MR) is 51.2 cm³/mol. The molecule has 72 valence electrons. The van der Waals surface area contributed by atoms with Gasteiger partial charge in [-0.1, -0.05) is 6.07 Å². The summed E-state index contributed by atoms with van der Waals surface area (Å²) in [6.07, 6.45) is 0.476. The number of phenolic OH excluding ortho intramolecular Hbond substituents is 1. The summed E-state index contributed by atoms with van der Waals surface area (Å²) in [7, 11) is 0. The minimum Gasteiger partial charge on any atom is -0.506 e. The van der Waals surface area contributed by atoms with Crippen LogP contribution in [0.4, 0.5) is 5.69 Å². The lowest BCUT2D eigenvalue weighted by Gasteiger charge is -2.11. The molecule has 0 aliphatic carbocycles. The van der Waals surface area contributed by atoms with Gasteiger partial charge >= 0.3 is 0 Å². The molecule has 0 aliphatic heterocycles. The number of aromatic hydroxyl groups is 1. The Morgan fingerprint density at radius 1 is 1.38 bits per heavy atom. The lowest BCUT2D eigenvalue weighted by Crippen LogP contribution is -2.11. The number of hydrogen-bond donors (Lipinski definition) is 4. The molecule has 0 saturated heterocycles. The van der Waals surface area contributed by atoms with Gasteiger partial charge in [0.15, 0.2) is 0 Å². The number of aliphatic hydroxyl groups is 1. The second-order valence-corrected chi connectivity index (χ2v) is 2.94. The van der Waals surface area contributed by atoms with E-state index in [4.69, 9.17) is 16.6 Å². The lowest BCUT2D eigenvalue weighted by molar-refractivity contribution is 0.276. The maximum Gasteiger partial charge on any atom is 0.138 e. The van der Waals surface area contributed by atoms with Crippen LogP contribution < -0.4 is 11.5 Å². The van der Waals surface area contributed by atoms with E-state index in [-0.39, 0.29) is 18.4 Å². The molecule has 0 unspecified atom stereocenters. The summed E-state index contributed by atoms with van der Waals surface area (Å²) < 4.78 is 0. The van der Waals surface area contributed by atoms with Crippen LogP contribution in [0.25, 0.3) is 0 Å². The van der Waals surface area contributed by atoms with E-state index in [2.05, 4.69) is 0 Å². The quantitative estimate of drug-likeness (QED) is 0.401. The summed E-state index contributed by atoms with van der Waals surface area (Å²) in [6.45, 7) is 0.0340. The van der Waals surface area contributed by atoms with Gasteiger partial charge in [-0.15, -0.1) is 0 Å². The number of aliphatic hydroxyl groups excluding tert-OH is 1. The summed E-state index contributed by atoms with van der Waals surface area (Å²) in [4.78, 5) is 0. The highest BCUT2D eigenvalue weighted by molar-refractivity contribution is 5.53.